The van der Waals surface area contributed by atoms with Crippen LogP contribution in [0.5, 0.6) is 5.75 Å². The highest BCUT2D eigenvalue weighted by Crippen LogP contribution is 2.36. The van der Waals surface area contributed by atoms with Gasteiger partial charge in [0.25, 0.3) is 0 Å². The van der Waals surface area contributed by atoms with Crippen molar-refractivity contribution in [1.29, 1.82) is 0 Å². The van der Waals surface area contributed by atoms with Crippen LogP contribution in [0.25, 0.3) is 0 Å². The number of halogens is 3. The molecule has 5 heteroatoms. The maximum atomic E-state index is 10.0. The third kappa shape index (κ3) is 4.03. The van der Waals surface area contributed by atoms with Gasteiger partial charge in [-0.3, -0.25) is 0 Å². The summed E-state index contributed by atoms with van der Waals surface area (Å²) in [5.41, 5.74) is 0.851. The van der Waals surface area contributed by atoms with Crippen LogP contribution in [0.15, 0.2) is 42.5 Å². The maximum absolute atomic E-state index is 10.0. The standard InChI is InChI=1S/C15H13Cl3O2/c16-11-8-12(17)15(13(18)9-11)20-7-6-14(19)10-4-2-1-3-5-10/h1-5,8-9,14,19H,6-7H2. The van der Waals surface area contributed by atoms with Gasteiger partial charge < -0.3 is 9.84 Å². The highest BCUT2D eigenvalue weighted by Gasteiger charge is 2.11. The van der Waals surface area contributed by atoms with Gasteiger partial charge >= 0.3 is 0 Å². The van der Waals surface area contributed by atoms with Gasteiger partial charge in [-0.2, -0.15) is 0 Å². The Bertz CT molecular complexity index is 550. The minimum atomic E-state index is -0.582. The van der Waals surface area contributed by atoms with Crippen LogP contribution in [-0.2, 0) is 0 Å². The SMILES string of the molecule is OC(CCOc1c(Cl)cc(Cl)cc1Cl)c1ccccc1. The average molecular weight is 332 g/mol. The zero-order valence-electron chi connectivity index (χ0n) is 10.5. The Kier molecular flexibility index (Phi) is 5.55. The van der Waals surface area contributed by atoms with Gasteiger partial charge in [0.15, 0.2) is 5.75 Å². The number of hydrogen-bond donors (Lipinski definition) is 1. The van der Waals surface area contributed by atoms with Crippen LogP contribution in [0.1, 0.15) is 18.1 Å². The number of rotatable bonds is 5. The van der Waals surface area contributed by atoms with E-state index in [4.69, 9.17) is 39.5 Å². The summed E-state index contributed by atoms with van der Waals surface area (Å²) >= 11 is 17.8. The second-order valence-corrected chi connectivity index (χ2v) is 5.51. The summed E-state index contributed by atoms with van der Waals surface area (Å²) < 4.78 is 5.53. The molecule has 0 aromatic heterocycles. The van der Waals surface area contributed by atoms with E-state index < -0.39 is 6.10 Å². The van der Waals surface area contributed by atoms with Crippen LogP contribution in [0.3, 0.4) is 0 Å². The number of aliphatic hydroxyl groups is 1. The Labute approximate surface area is 132 Å². The Morgan fingerprint density at radius 2 is 1.60 bits per heavy atom. The van der Waals surface area contributed by atoms with Crippen molar-refractivity contribution in [3.05, 3.63) is 63.1 Å². The summed E-state index contributed by atoms with van der Waals surface area (Å²) in [5, 5.41) is 11.2. The van der Waals surface area contributed by atoms with E-state index in [1.807, 2.05) is 30.3 Å². The van der Waals surface area contributed by atoms with Crippen molar-refractivity contribution < 1.29 is 9.84 Å². The summed E-state index contributed by atoms with van der Waals surface area (Å²) in [7, 11) is 0. The first kappa shape index (κ1) is 15.5. The van der Waals surface area contributed by atoms with Crippen LogP contribution < -0.4 is 4.74 Å². The van der Waals surface area contributed by atoms with Crippen molar-refractivity contribution in [1.82, 2.24) is 0 Å². The maximum Gasteiger partial charge on any atom is 0.156 e. The molecule has 0 aliphatic heterocycles. The van der Waals surface area contributed by atoms with Crippen LogP contribution in [0, 0.1) is 0 Å². The normalized spacial score (nSPS) is 12.2. The van der Waals surface area contributed by atoms with E-state index in [-0.39, 0.29) is 0 Å². The lowest BCUT2D eigenvalue weighted by Gasteiger charge is -2.13. The molecule has 2 aromatic carbocycles. The van der Waals surface area contributed by atoms with Gasteiger partial charge in [0.05, 0.1) is 22.8 Å². The second-order valence-electron chi connectivity index (χ2n) is 4.26. The molecular formula is C15H13Cl3O2. The minimum absolute atomic E-state index is 0.303. The van der Waals surface area contributed by atoms with E-state index in [2.05, 4.69) is 0 Å². The molecule has 0 saturated heterocycles. The predicted molar refractivity (Wildman–Crippen MR) is 83.0 cm³/mol. The van der Waals surface area contributed by atoms with E-state index in [9.17, 15) is 5.11 Å². The van der Waals surface area contributed by atoms with E-state index in [1.165, 1.54) is 0 Å². The highest BCUT2D eigenvalue weighted by atomic mass is 35.5. The van der Waals surface area contributed by atoms with Crippen molar-refractivity contribution in [2.75, 3.05) is 6.61 Å². The first-order chi connectivity index (χ1) is 9.58. The van der Waals surface area contributed by atoms with Gasteiger partial charge in [0.1, 0.15) is 0 Å². The molecule has 0 aliphatic rings. The molecule has 0 bridgehead atoms. The van der Waals surface area contributed by atoms with Crippen molar-refractivity contribution in [3.8, 4) is 5.75 Å². The second kappa shape index (κ2) is 7.19. The molecule has 2 aromatic rings. The van der Waals surface area contributed by atoms with E-state index in [1.54, 1.807) is 12.1 Å². The van der Waals surface area contributed by atoms with Crippen LogP contribution in [0.4, 0.5) is 0 Å². The van der Waals surface area contributed by atoms with Gasteiger partial charge in [-0.1, -0.05) is 65.1 Å². The van der Waals surface area contributed by atoms with E-state index >= 15 is 0 Å². The first-order valence-electron chi connectivity index (χ1n) is 6.08. The molecule has 0 spiro atoms. The predicted octanol–water partition coefficient (Wildman–Crippen LogP) is 5.15. The average Bonchev–Trinajstić information content (AvgIpc) is 2.42. The number of ether oxygens (including phenoxy) is 1. The zero-order valence-corrected chi connectivity index (χ0v) is 12.8. The fourth-order valence-electron chi connectivity index (χ4n) is 1.78. The molecule has 0 saturated carbocycles. The molecule has 0 fully saturated rings. The van der Waals surface area contributed by atoms with Crippen LogP contribution >= 0.6 is 34.8 Å². The molecule has 2 nitrogen and oxygen atoms in total. The lowest BCUT2D eigenvalue weighted by atomic mass is 10.1. The smallest absolute Gasteiger partial charge is 0.156 e. The molecule has 1 atom stereocenters. The van der Waals surface area contributed by atoms with Crippen molar-refractivity contribution >= 4 is 34.8 Å². The summed E-state index contributed by atoms with van der Waals surface area (Å²) in [5.74, 6) is 0.387. The minimum Gasteiger partial charge on any atom is -0.490 e. The zero-order chi connectivity index (χ0) is 14.5. The number of benzene rings is 2. The highest BCUT2D eigenvalue weighted by molar-refractivity contribution is 6.40. The molecule has 106 valence electrons. The molecule has 0 aliphatic carbocycles. The van der Waals surface area contributed by atoms with E-state index in [0.717, 1.165) is 5.56 Å². The fourth-order valence-corrected chi connectivity index (χ4v) is 2.71. The summed E-state index contributed by atoms with van der Waals surface area (Å²) in [6.45, 7) is 0.303. The Balaban J connectivity index is 1.94. The summed E-state index contributed by atoms with van der Waals surface area (Å²) in [6, 6.07) is 12.5. The Morgan fingerprint density at radius 1 is 1.00 bits per heavy atom. The van der Waals surface area contributed by atoms with Gasteiger partial charge in [0, 0.05) is 11.4 Å². The van der Waals surface area contributed by atoms with Gasteiger partial charge in [-0.15, -0.1) is 0 Å². The molecule has 2 rings (SSSR count). The number of hydrogen-bond acceptors (Lipinski definition) is 2. The lowest BCUT2D eigenvalue weighted by molar-refractivity contribution is 0.141. The summed E-state index contributed by atoms with van der Waals surface area (Å²) in [6.07, 6.45) is -0.139. The van der Waals surface area contributed by atoms with Crippen molar-refractivity contribution in [3.63, 3.8) is 0 Å². The molecule has 1 N–H and O–H groups in total. The molecule has 0 radical (unpaired) electrons. The quantitative estimate of drug-likeness (QED) is 0.821. The molecule has 0 amide bonds. The largest absolute Gasteiger partial charge is 0.490 e. The first-order valence-corrected chi connectivity index (χ1v) is 7.21. The van der Waals surface area contributed by atoms with Crippen molar-refractivity contribution in [2.24, 2.45) is 0 Å². The summed E-state index contributed by atoms with van der Waals surface area (Å²) in [4.78, 5) is 0. The molecular weight excluding hydrogens is 319 g/mol. The topological polar surface area (TPSA) is 29.5 Å². The molecule has 0 heterocycles. The van der Waals surface area contributed by atoms with Gasteiger partial charge in [-0.05, 0) is 17.7 Å². The fraction of sp³-hybridized carbons (Fsp3) is 0.200. The van der Waals surface area contributed by atoms with E-state index in [0.29, 0.717) is 33.8 Å². The molecule has 20 heavy (non-hydrogen) atoms. The van der Waals surface area contributed by atoms with Crippen LogP contribution in [0.2, 0.25) is 15.1 Å². The monoisotopic (exact) mass is 330 g/mol. The molecule has 1 unspecified atom stereocenters. The Hall–Kier alpha value is -0.930. The van der Waals surface area contributed by atoms with Crippen LogP contribution in [-0.4, -0.2) is 11.7 Å². The Morgan fingerprint density at radius 3 is 2.20 bits per heavy atom. The third-order valence-electron chi connectivity index (χ3n) is 2.79. The number of aliphatic hydroxyl groups excluding tert-OH is 1. The lowest BCUT2D eigenvalue weighted by Crippen LogP contribution is -2.05. The van der Waals surface area contributed by atoms with Gasteiger partial charge in [0.2, 0.25) is 0 Å². The van der Waals surface area contributed by atoms with Gasteiger partial charge in [-0.25, -0.2) is 0 Å². The van der Waals surface area contributed by atoms with Crippen molar-refractivity contribution in [2.45, 2.75) is 12.5 Å². The third-order valence-corrected chi connectivity index (χ3v) is 3.56.